The number of aliphatic carboxylic acids is 1. The highest BCUT2D eigenvalue weighted by Crippen LogP contribution is 2.33. The molecular formula is C11H17NO4. The van der Waals surface area contributed by atoms with E-state index in [9.17, 15) is 14.7 Å². The van der Waals surface area contributed by atoms with E-state index in [1.807, 2.05) is 0 Å². The minimum Gasteiger partial charge on any atom is -0.479 e. The number of carbonyl (C=O) groups excluding carboxylic acids is 1. The predicted octanol–water partition coefficient (Wildman–Crippen LogP) is 1.64. The molecule has 1 fully saturated rings. The Bertz CT molecular complexity index is 302. The molecule has 1 atom stereocenters. The summed E-state index contributed by atoms with van der Waals surface area (Å²) in [5, 5.41) is 9.24. The molecule has 16 heavy (non-hydrogen) atoms. The molecule has 0 aliphatic carbocycles. The third-order valence-electron chi connectivity index (χ3n) is 3.02. The van der Waals surface area contributed by atoms with Crippen LogP contribution < -0.4 is 0 Å². The number of amides is 1. The fourth-order valence-corrected chi connectivity index (χ4v) is 2.09. The van der Waals surface area contributed by atoms with Crippen molar-refractivity contribution in [2.75, 3.05) is 13.2 Å². The monoisotopic (exact) mass is 227 g/mol. The molecule has 1 aliphatic heterocycles. The first-order valence-electron chi connectivity index (χ1n) is 5.37. The maximum Gasteiger partial charge on any atom is 0.411 e. The Hall–Kier alpha value is -1.52. The zero-order valence-corrected chi connectivity index (χ0v) is 9.44. The van der Waals surface area contributed by atoms with E-state index in [2.05, 4.69) is 6.58 Å². The van der Waals surface area contributed by atoms with Gasteiger partial charge in [0.25, 0.3) is 0 Å². The number of nitrogens with zero attached hydrogens (tertiary/aromatic N) is 1. The molecule has 0 bridgehead atoms. The van der Waals surface area contributed by atoms with Crippen LogP contribution in [0.4, 0.5) is 4.79 Å². The van der Waals surface area contributed by atoms with E-state index >= 15 is 0 Å². The van der Waals surface area contributed by atoms with Gasteiger partial charge in [0.2, 0.25) is 0 Å². The Morgan fingerprint density at radius 3 is 2.81 bits per heavy atom. The Balaban J connectivity index is 2.81. The van der Waals surface area contributed by atoms with Gasteiger partial charge >= 0.3 is 12.1 Å². The molecule has 5 nitrogen and oxygen atoms in total. The Kier molecular flexibility index (Phi) is 3.93. The number of ether oxygens (including phenoxy) is 1. The number of hydrogen-bond donors (Lipinski definition) is 1. The van der Waals surface area contributed by atoms with Crippen LogP contribution in [0.25, 0.3) is 0 Å². The second-order valence-corrected chi connectivity index (χ2v) is 3.81. The van der Waals surface area contributed by atoms with Gasteiger partial charge in [-0.1, -0.05) is 19.6 Å². The number of hydrogen-bond acceptors (Lipinski definition) is 3. The van der Waals surface area contributed by atoms with Crippen molar-refractivity contribution >= 4 is 12.1 Å². The quantitative estimate of drug-likeness (QED) is 0.741. The highest BCUT2D eigenvalue weighted by atomic mass is 16.6. The maximum atomic E-state index is 11.7. The van der Waals surface area contributed by atoms with Gasteiger partial charge in [-0.15, -0.1) is 0 Å². The molecule has 1 rings (SSSR count). The topological polar surface area (TPSA) is 66.8 Å². The summed E-state index contributed by atoms with van der Waals surface area (Å²) in [6.45, 7) is 5.76. The van der Waals surface area contributed by atoms with Crippen molar-refractivity contribution in [3.63, 3.8) is 0 Å². The largest absolute Gasteiger partial charge is 0.479 e. The van der Waals surface area contributed by atoms with Gasteiger partial charge in [-0.2, -0.15) is 0 Å². The molecule has 0 saturated carbocycles. The number of rotatable bonds is 4. The SMILES string of the molecule is C=CCOC(=O)N1CCCC1(CC)C(=O)O. The molecular weight excluding hydrogens is 210 g/mol. The zero-order valence-electron chi connectivity index (χ0n) is 9.44. The van der Waals surface area contributed by atoms with Gasteiger partial charge in [0, 0.05) is 6.54 Å². The van der Waals surface area contributed by atoms with Crippen molar-refractivity contribution in [3.8, 4) is 0 Å². The third-order valence-corrected chi connectivity index (χ3v) is 3.02. The summed E-state index contributed by atoms with van der Waals surface area (Å²) < 4.78 is 4.89. The highest BCUT2D eigenvalue weighted by Gasteiger charge is 2.49. The minimum atomic E-state index is -1.09. The van der Waals surface area contributed by atoms with Crippen LogP contribution in [-0.2, 0) is 9.53 Å². The molecule has 1 heterocycles. The van der Waals surface area contributed by atoms with Crippen LogP contribution in [0.3, 0.4) is 0 Å². The molecule has 0 radical (unpaired) electrons. The van der Waals surface area contributed by atoms with Crippen molar-refractivity contribution in [2.24, 2.45) is 0 Å². The lowest BCUT2D eigenvalue weighted by Crippen LogP contribution is -2.52. The van der Waals surface area contributed by atoms with E-state index in [1.54, 1.807) is 6.92 Å². The Morgan fingerprint density at radius 1 is 1.62 bits per heavy atom. The van der Waals surface area contributed by atoms with Gasteiger partial charge in [-0.25, -0.2) is 9.59 Å². The number of carboxylic acids is 1. The molecule has 1 unspecified atom stereocenters. The van der Waals surface area contributed by atoms with Crippen molar-refractivity contribution in [1.29, 1.82) is 0 Å². The lowest BCUT2D eigenvalue weighted by atomic mass is 9.93. The second kappa shape index (κ2) is 5.01. The van der Waals surface area contributed by atoms with Crippen molar-refractivity contribution in [1.82, 2.24) is 4.90 Å². The normalized spacial score (nSPS) is 24.2. The number of likely N-dealkylation sites (tertiary alicyclic amines) is 1. The summed E-state index contributed by atoms with van der Waals surface area (Å²) in [6.07, 6.45) is 2.47. The van der Waals surface area contributed by atoms with Crippen LogP contribution in [-0.4, -0.2) is 40.8 Å². The zero-order chi connectivity index (χ0) is 12.2. The summed E-state index contributed by atoms with van der Waals surface area (Å²) >= 11 is 0. The lowest BCUT2D eigenvalue weighted by molar-refractivity contribution is -0.149. The first-order chi connectivity index (χ1) is 7.58. The summed E-state index contributed by atoms with van der Waals surface area (Å²) in [4.78, 5) is 24.3. The minimum absolute atomic E-state index is 0.106. The molecule has 5 heteroatoms. The van der Waals surface area contributed by atoms with Gasteiger partial charge in [-0.05, 0) is 19.3 Å². The van der Waals surface area contributed by atoms with Gasteiger partial charge in [0.15, 0.2) is 0 Å². The van der Waals surface area contributed by atoms with Crippen LogP contribution >= 0.6 is 0 Å². The average molecular weight is 227 g/mol. The maximum absolute atomic E-state index is 11.7. The molecule has 1 N–H and O–H groups in total. The van der Waals surface area contributed by atoms with Crippen molar-refractivity contribution in [2.45, 2.75) is 31.7 Å². The molecule has 90 valence electrons. The van der Waals surface area contributed by atoms with Crippen LogP contribution in [0.1, 0.15) is 26.2 Å². The van der Waals surface area contributed by atoms with Crippen molar-refractivity contribution in [3.05, 3.63) is 12.7 Å². The highest BCUT2D eigenvalue weighted by molar-refractivity contribution is 5.85. The number of carbonyl (C=O) groups is 2. The summed E-state index contributed by atoms with van der Waals surface area (Å²) in [7, 11) is 0. The first kappa shape index (κ1) is 12.5. The lowest BCUT2D eigenvalue weighted by Gasteiger charge is -2.32. The van der Waals surface area contributed by atoms with E-state index in [1.165, 1.54) is 11.0 Å². The Morgan fingerprint density at radius 2 is 2.31 bits per heavy atom. The molecule has 1 aliphatic rings. The molecule has 1 amide bonds. The van der Waals surface area contributed by atoms with Crippen LogP contribution in [0.5, 0.6) is 0 Å². The second-order valence-electron chi connectivity index (χ2n) is 3.81. The molecule has 1 saturated heterocycles. The van der Waals surface area contributed by atoms with Gasteiger partial charge in [-0.3, -0.25) is 4.90 Å². The molecule has 0 aromatic heterocycles. The summed E-state index contributed by atoms with van der Waals surface area (Å²) in [6, 6.07) is 0. The fourth-order valence-electron chi connectivity index (χ4n) is 2.09. The molecule has 0 spiro atoms. The van der Waals surface area contributed by atoms with E-state index < -0.39 is 17.6 Å². The Labute approximate surface area is 94.7 Å². The first-order valence-corrected chi connectivity index (χ1v) is 5.37. The van der Waals surface area contributed by atoms with Gasteiger partial charge < -0.3 is 9.84 Å². The van der Waals surface area contributed by atoms with E-state index in [0.29, 0.717) is 25.8 Å². The number of carboxylic acid groups (broad SMARTS) is 1. The molecule has 0 aromatic rings. The average Bonchev–Trinajstić information content (AvgIpc) is 2.70. The third kappa shape index (κ3) is 2.03. The summed E-state index contributed by atoms with van der Waals surface area (Å²) in [5.74, 6) is -0.956. The van der Waals surface area contributed by atoms with Crippen LogP contribution in [0.2, 0.25) is 0 Å². The summed E-state index contributed by atoms with van der Waals surface area (Å²) in [5.41, 5.74) is -1.09. The van der Waals surface area contributed by atoms with E-state index in [0.717, 1.165) is 0 Å². The predicted molar refractivity (Wildman–Crippen MR) is 58.1 cm³/mol. The van der Waals surface area contributed by atoms with Crippen LogP contribution in [0, 0.1) is 0 Å². The van der Waals surface area contributed by atoms with Gasteiger partial charge in [0.1, 0.15) is 12.1 Å². The van der Waals surface area contributed by atoms with Crippen molar-refractivity contribution < 1.29 is 19.4 Å². The van der Waals surface area contributed by atoms with E-state index in [4.69, 9.17) is 4.74 Å². The smallest absolute Gasteiger partial charge is 0.411 e. The fraction of sp³-hybridized carbons (Fsp3) is 0.636. The van der Waals surface area contributed by atoms with E-state index in [-0.39, 0.29) is 6.61 Å². The standard InChI is InChI=1S/C11H17NO4/c1-3-8-16-10(15)12-7-5-6-11(12,4-2)9(13)14/h3H,1,4-8H2,2H3,(H,13,14). The van der Waals surface area contributed by atoms with Gasteiger partial charge in [0.05, 0.1) is 0 Å². The molecule has 0 aromatic carbocycles. The van der Waals surface area contributed by atoms with Crippen LogP contribution in [0.15, 0.2) is 12.7 Å².